The van der Waals surface area contributed by atoms with Gasteiger partial charge in [0.05, 0.1) is 6.04 Å². The van der Waals surface area contributed by atoms with Gasteiger partial charge in [-0.2, -0.15) is 0 Å². The molecule has 64 valence electrons. The molecule has 2 unspecified atom stereocenters. The quantitative estimate of drug-likeness (QED) is 0.637. The molecule has 1 aromatic rings. The fraction of sp³-hybridized carbons (Fsp3) is 0.333. The van der Waals surface area contributed by atoms with Gasteiger partial charge in [0.15, 0.2) is 11.6 Å². The normalized spacial score (nSPS) is 26.6. The van der Waals surface area contributed by atoms with E-state index in [-0.39, 0.29) is 18.0 Å². The van der Waals surface area contributed by atoms with Gasteiger partial charge in [-0.05, 0) is 13.0 Å². The lowest BCUT2D eigenvalue weighted by Crippen LogP contribution is -2.21. The average molecular weight is 167 g/mol. The smallest absolute Gasteiger partial charge is 0.165 e. The molecule has 1 aromatic carbocycles. The third kappa shape index (κ3) is 0.898. The first kappa shape index (κ1) is 7.55. The molecule has 0 aromatic heterocycles. The highest BCUT2D eigenvalue weighted by molar-refractivity contribution is 5.41. The summed E-state index contributed by atoms with van der Waals surface area (Å²) in [5.41, 5.74) is 6.53. The standard InChI is InChI=1S/C9H10FNO/c1-5-8(11)6-3-2-4-7(10)9(6)12-5/h2-5,8H,11H2,1H3. The summed E-state index contributed by atoms with van der Waals surface area (Å²) in [6, 6.07) is 4.63. The van der Waals surface area contributed by atoms with Crippen molar-refractivity contribution in [2.24, 2.45) is 5.73 Å². The van der Waals surface area contributed by atoms with Crippen LogP contribution in [0.1, 0.15) is 18.5 Å². The first-order valence-electron chi connectivity index (χ1n) is 3.91. The Morgan fingerprint density at radius 2 is 2.25 bits per heavy atom. The second-order valence-electron chi connectivity index (χ2n) is 3.01. The van der Waals surface area contributed by atoms with Crippen molar-refractivity contribution in [3.63, 3.8) is 0 Å². The monoisotopic (exact) mass is 167 g/mol. The Labute approximate surface area is 70.1 Å². The maximum Gasteiger partial charge on any atom is 0.165 e. The molecular weight excluding hydrogens is 157 g/mol. The summed E-state index contributed by atoms with van der Waals surface area (Å²) in [6.45, 7) is 1.84. The Kier molecular flexibility index (Phi) is 1.54. The van der Waals surface area contributed by atoms with Crippen LogP contribution < -0.4 is 10.5 Å². The molecule has 12 heavy (non-hydrogen) atoms. The zero-order valence-electron chi connectivity index (χ0n) is 6.75. The summed E-state index contributed by atoms with van der Waals surface area (Å²) in [7, 11) is 0. The molecule has 0 fully saturated rings. The number of ether oxygens (including phenoxy) is 1. The summed E-state index contributed by atoms with van der Waals surface area (Å²) in [5.74, 6) is -0.00944. The maximum absolute atomic E-state index is 13.1. The number of nitrogens with two attached hydrogens (primary N) is 1. The van der Waals surface area contributed by atoms with Crippen molar-refractivity contribution in [2.75, 3.05) is 0 Å². The molecule has 3 heteroatoms. The lowest BCUT2D eigenvalue weighted by molar-refractivity contribution is 0.220. The minimum atomic E-state index is -0.327. The lowest BCUT2D eigenvalue weighted by atomic mass is 10.1. The van der Waals surface area contributed by atoms with Crippen molar-refractivity contribution >= 4 is 0 Å². The number of benzene rings is 1. The van der Waals surface area contributed by atoms with E-state index in [1.807, 2.05) is 6.92 Å². The van der Waals surface area contributed by atoms with Gasteiger partial charge in [0.25, 0.3) is 0 Å². The highest BCUT2D eigenvalue weighted by atomic mass is 19.1. The number of fused-ring (bicyclic) bond motifs is 1. The molecule has 0 spiro atoms. The van der Waals surface area contributed by atoms with E-state index in [4.69, 9.17) is 10.5 Å². The van der Waals surface area contributed by atoms with Crippen molar-refractivity contribution < 1.29 is 9.13 Å². The third-order valence-electron chi connectivity index (χ3n) is 2.17. The summed E-state index contributed by atoms with van der Waals surface area (Å²) < 4.78 is 18.3. The zero-order valence-corrected chi connectivity index (χ0v) is 6.75. The lowest BCUT2D eigenvalue weighted by Gasteiger charge is -2.07. The molecule has 0 bridgehead atoms. The second kappa shape index (κ2) is 2.45. The van der Waals surface area contributed by atoms with Gasteiger partial charge in [0, 0.05) is 5.56 Å². The van der Waals surface area contributed by atoms with Gasteiger partial charge in [0.2, 0.25) is 0 Å². The highest BCUT2D eigenvalue weighted by Crippen LogP contribution is 2.36. The zero-order chi connectivity index (χ0) is 8.72. The van der Waals surface area contributed by atoms with Crippen LogP contribution >= 0.6 is 0 Å². The second-order valence-corrected chi connectivity index (χ2v) is 3.01. The van der Waals surface area contributed by atoms with Gasteiger partial charge in [-0.15, -0.1) is 0 Å². The molecular formula is C9H10FNO. The van der Waals surface area contributed by atoms with Crippen molar-refractivity contribution in [3.8, 4) is 5.75 Å². The van der Waals surface area contributed by atoms with Crippen molar-refractivity contribution in [1.82, 2.24) is 0 Å². The predicted octanol–water partition coefficient (Wildman–Crippen LogP) is 1.61. The SMILES string of the molecule is CC1Oc2c(F)cccc2C1N. The third-order valence-corrected chi connectivity index (χ3v) is 2.17. The van der Waals surface area contributed by atoms with E-state index in [0.717, 1.165) is 5.56 Å². The van der Waals surface area contributed by atoms with Crippen LogP contribution in [0.4, 0.5) is 4.39 Å². The van der Waals surface area contributed by atoms with Crippen LogP contribution in [0, 0.1) is 5.82 Å². The van der Waals surface area contributed by atoms with Gasteiger partial charge < -0.3 is 10.5 Å². The molecule has 1 heterocycles. The Balaban J connectivity index is 2.53. The van der Waals surface area contributed by atoms with Crippen LogP contribution in [-0.4, -0.2) is 6.10 Å². The fourth-order valence-corrected chi connectivity index (χ4v) is 1.42. The van der Waals surface area contributed by atoms with Gasteiger partial charge in [-0.3, -0.25) is 0 Å². The van der Waals surface area contributed by atoms with E-state index in [0.29, 0.717) is 5.75 Å². The highest BCUT2D eigenvalue weighted by Gasteiger charge is 2.29. The molecule has 1 aliphatic rings. The number of para-hydroxylation sites is 1. The maximum atomic E-state index is 13.1. The molecule has 0 amide bonds. The number of hydrogen-bond donors (Lipinski definition) is 1. The van der Waals surface area contributed by atoms with Crippen LogP contribution in [0.5, 0.6) is 5.75 Å². The topological polar surface area (TPSA) is 35.2 Å². The van der Waals surface area contributed by atoms with E-state index in [2.05, 4.69) is 0 Å². The van der Waals surface area contributed by atoms with Crippen LogP contribution in [0.15, 0.2) is 18.2 Å². The molecule has 0 saturated heterocycles. The van der Waals surface area contributed by atoms with Crippen LogP contribution in [0.3, 0.4) is 0 Å². The summed E-state index contributed by atoms with van der Waals surface area (Å²) >= 11 is 0. The molecule has 2 nitrogen and oxygen atoms in total. The summed E-state index contributed by atoms with van der Waals surface area (Å²) in [5, 5.41) is 0. The van der Waals surface area contributed by atoms with E-state index in [1.165, 1.54) is 6.07 Å². The van der Waals surface area contributed by atoms with Crippen LogP contribution in [0.25, 0.3) is 0 Å². The Bertz CT molecular complexity index is 313. The number of halogens is 1. The Hall–Kier alpha value is -1.09. The van der Waals surface area contributed by atoms with Crippen molar-refractivity contribution in [3.05, 3.63) is 29.6 Å². The molecule has 2 atom stereocenters. The van der Waals surface area contributed by atoms with Crippen LogP contribution in [0.2, 0.25) is 0 Å². The minimum Gasteiger partial charge on any atom is -0.485 e. The number of rotatable bonds is 0. The van der Waals surface area contributed by atoms with Crippen molar-refractivity contribution in [2.45, 2.75) is 19.1 Å². The summed E-state index contributed by atoms with van der Waals surface area (Å²) in [4.78, 5) is 0. The molecule has 0 saturated carbocycles. The van der Waals surface area contributed by atoms with E-state index >= 15 is 0 Å². The van der Waals surface area contributed by atoms with E-state index in [1.54, 1.807) is 12.1 Å². The molecule has 2 rings (SSSR count). The fourth-order valence-electron chi connectivity index (χ4n) is 1.42. The minimum absolute atomic E-state index is 0.128. The van der Waals surface area contributed by atoms with E-state index < -0.39 is 0 Å². The molecule has 0 aliphatic carbocycles. The van der Waals surface area contributed by atoms with Gasteiger partial charge in [0.1, 0.15) is 6.10 Å². The molecule has 0 radical (unpaired) electrons. The first-order valence-corrected chi connectivity index (χ1v) is 3.91. The Morgan fingerprint density at radius 3 is 2.92 bits per heavy atom. The van der Waals surface area contributed by atoms with Gasteiger partial charge in [-0.25, -0.2) is 4.39 Å². The first-order chi connectivity index (χ1) is 5.70. The molecule has 2 N–H and O–H groups in total. The predicted molar refractivity (Wildman–Crippen MR) is 43.4 cm³/mol. The van der Waals surface area contributed by atoms with E-state index in [9.17, 15) is 4.39 Å². The Morgan fingerprint density at radius 1 is 1.50 bits per heavy atom. The summed E-state index contributed by atoms with van der Waals surface area (Å²) in [6.07, 6.45) is -0.128. The van der Waals surface area contributed by atoms with Crippen molar-refractivity contribution in [1.29, 1.82) is 0 Å². The molecule has 1 aliphatic heterocycles. The largest absolute Gasteiger partial charge is 0.485 e. The van der Waals surface area contributed by atoms with Gasteiger partial charge >= 0.3 is 0 Å². The van der Waals surface area contributed by atoms with Crippen LogP contribution in [-0.2, 0) is 0 Å². The average Bonchev–Trinajstić information content (AvgIpc) is 2.32. The number of hydrogen-bond acceptors (Lipinski definition) is 2. The van der Waals surface area contributed by atoms with Gasteiger partial charge in [-0.1, -0.05) is 12.1 Å².